The number of esters is 1. The molecular formula is C18H15N3O6. The average Bonchev–Trinajstić information content (AvgIpc) is 2.69. The van der Waals surface area contributed by atoms with Gasteiger partial charge in [-0.15, -0.1) is 0 Å². The summed E-state index contributed by atoms with van der Waals surface area (Å²) in [4.78, 5) is 44.9. The van der Waals surface area contributed by atoms with Gasteiger partial charge in [0.1, 0.15) is 0 Å². The number of nitrogens with one attached hydrogen (secondary N) is 2. The first-order valence-electron chi connectivity index (χ1n) is 7.69. The summed E-state index contributed by atoms with van der Waals surface area (Å²) in [7, 11) is 0. The Morgan fingerprint density at radius 2 is 1.67 bits per heavy atom. The molecule has 27 heavy (non-hydrogen) atoms. The van der Waals surface area contributed by atoms with E-state index in [1.165, 1.54) is 30.3 Å². The standard InChI is InChI=1S/C18H15N3O6/c22-16(19-20-18(24)14-4-2-1-3-5-14)12-27-17(23)11-8-13-6-9-15(10-7-13)21(25)26/h1-11H,12H2,(H,19,22)(H,20,24)/b11-8+. The van der Waals surface area contributed by atoms with Gasteiger partial charge >= 0.3 is 5.97 Å². The van der Waals surface area contributed by atoms with E-state index in [0.717, 1.165) is 6.08 Å². The van der Waals surface area contributed by atoms with Crippen LogP contribution in [0.5, 0.6) is 0 Å². The van der Waals surface area contributed by atoms with Crippen molar-refractivity contribution in [2.75, 3.05) is 6.61 Å². The summed E-state index contributed by atoms with van der Waals surface area (Å²) in [6, 6.07) is 13.8. The van der Waals surface area contributed by atoms with Crippen molar-refractivity contribution in [3.63, 3.8) is 0 Å². The second-order valence-electron chi connectivity index (χ2n) is 5.16. The smallest absolute Gasteiger partial charge is 0.331 e. The summed E-state index contributed by atoms with van der Waals surface area (Å²) in [5, 5.41) is 10.6. The lowest BCUT2D eigenvalue weighted by molar-refractivity contribution is -0.384. The predicted molar refractivity (Wildman–Crippen MR) is 95.1 cm³/mol. The highest BCUT2D eigenvalue weighted by molar-refractivity contribution is 5.95. The van der Waals surface area contributed by atoms with Gasteiger partial charge in [-0.1, -0.05) is 18.2 Å². The van der Waals surface area contributed by atoms with Crippen LogP contribution in [0.1, 0.15) is 15.9 Å². The number of amides is 2. The second-order valence-corrected chi connectivity index (χ2v) is 5.16. The minimum absolute atomic E-state index is 0.0658. The summed E-state index contributed by atoms with van der Waals surface area (Å²) in [6.45, 7) is -0.585. The van der Waals surface area contributed by atoms with Gasteiger partial charge in [0.25, 0.3) is 17.5 Å². The minimum Gasteiger partial charge on any atom is -0.452 e. The SMILES string of the molecule is O=C(COC(=O)/C=C/c1ccc([N+](=O)[O-])cc1)NNC(=O)c1ccccc1. The second kappa shape index (κ2) is 9.47. The Kier molecular flexibility index (Phi) is 6.77. The number of nitrogens with zero attached hydrogens (tertiary/aromatic N) is 1. The molecule has 0 fully saturated rings. The van der Waals surface area contributed by atoms with E-state index in [4.69, 9.17) is 4.74 Å². The highest BCUT2D eigenvalue weighted by Gasteiger charge is 2.08. The lowest BCUT2D eigenvalue weighted by atomic mass is 10.2. The van der Waals surface area contributed by atoms with Crippen molar-refractivity contribution in [1.82, 2.24) is 10.9 Å². The molecule has 0 aliphatic heterocycles. The third kappa shape index (κ3) is 6.42. The number of carbonyl (C=O) groups is 3. The number of nitro groups is 1. The summed E-state index contributed by atoms with van der Waals surface area (Å²) in [5.41, 5.74) is 5.16. The maximum atomic E-state index is 11.7. The van der Waals surface area contributed by atoms with E-state index in [1.54, 1.807) is 30.3 Å². The van der Waals surface area contributed by atoms with Crippen LogP contribution in [-0.2, 0) is 14.3 Å². The van der Waals surface area contributed by atoms with E-state index in [-0.39, 0.29) is 5.69 Å². The number of hydrogen-bond donors (Lipinski definition) is 2. The summed E-state index contributed by atoms with van der Waals surface area (Å²) in [5.74, 6) is -2.00. The van der Waals surface area contributed by atoms with Gasteiger partial charge in [-0.2, -0.15) is 0 Å². The van der Waals surface area contributed by atoms with Crippen LogP contribution in [0.25, 0.3) is 6.08 Å². The highest BCUT2D eigenvalue weighted by Crippen LogP contribution is 2.12. The molecule has 0 aromatic heterocycles. The molecule has 0 aliphatic rings. The van der Waals surface area contributed by atoms with Crippen LogP contribution >= 0.6 is 0 Å². The summed E-state index contributed by atoms with van der Waals surface area (Å²) >= 11 is 0. The fourth-order valence-electron chi connectivity index (χ4n) is 1.88. The quantitative estimate of drug-likeness (QED) is 0.345. The summed E-state index contributed by atoms with van der Waals surface area (Å²) in [6.07, 6.45) is 2.47. The molecule has 0 saturated carbocycles. The van der Waals surface area contributed by atoms with Crippen molar-refractivity contribution in [1.29, 1.82) is 0 Å². The number of nitro benzene ring substituents is 1. The molecule has 2 amide bonds. The zero-order chi connectivity index (χ0) is 19.6. The molecule has 2 aromatic rings. The molecule has 0 saturated heterocycles. The van der Waals surface area contributed by atoms with Gasteiger partial charge < -0.3 is 4.74 Å². The number of non-ortho nitro benzene ring substituents is 1. The van der Waals surface area contributed by atoms with Crippen LogP contribution in [0, 0.1) is 10.1 Å². The van der Waals surface area contributed by atoms with E-state index in [9.17, 15) is 24.5 Å². The molecule has 0 atom stereocenters. The van der Waals surface area contributed by atoms with Gasteiger partial charge in [0, 0.05) is 23.8 Å². The topological polar surface area (TPSA) is 128 Å². The Hall–Kier alpha value is -4.01. The number of hydrogen-bond acceptors (Lipinski definition) is 6. The normalized spacial score (nSPS) is 10.2. The van der Waals surface area contributed by atoms with Gasteiger partial charge in [-0.3, -0.25) is 30.6 Å². The molecule has 0 spiro atoms. The maximum Gasteiger partial charge on any atom is 0.331 e. The Morgan fingerprint density at radius 3 is 2.30 bits per heavy atom. The van der Waals surface area contributed by atoms with Crippen molar-refractivity contribution in [2.45, 2.75) is 0 Å². The van der Waals surface area contributed by atoms with Crippen LogP contribution in [0.3, 0.4) is 0 Å². The monoisotopic (exact) mass is 369 g/mol. The molecule has 2 N–H and O–H groups in total. The first-order chi connectivity index (χ1) is 13.0. The van der Waals surface area contributed by atoms with Crippen molar-refractivity contribution < 1.29 is 24.0 Å². The number of rotatable bonds is 6. The number of carbonyl (C=O) groups excluding carboxylic acids is 3. The Labute approximate surface area is 153 Å². The molecule has 0 heterocycles. The molecule has 2 aromatic carbocycles. The molecular weight excluding hydrogens is 354 g/mol. The van der Waals surface area contributed by atoms with Crippen molar-refractivity contribution >= 4 is 29.5 Å². The van der Waals surface area contributed by atoms with Gasteiger partial charge in [0.05, 0.1) is 4.92 Å². The third-order valence-electron chi connectivity index (χ3n) is 3.21. The van der Waals surface area contributed by atoms with E-state index in [1.807, 2.05) is 0 Å². The first-order valence-corrected chi connectivity index (χ1v) is 7.69. The Morgan fingerprint density at radius 1 is 1.00 bits per heavy atom. The first kappa shape index (κ1) is 19.3. The molecule has 0 radical (unpaired) electrons. The minimum atomic E-state index is -0.780. The predicted octanol–water partition coefficient (Wildman–Crippen LogP) is 1.61. The van der Waals surface area contributed by atoms with Gasteiger partial charge in [0.2, 0.25) is 0 Å². The largest absolute Gasteiger partial charge is 0.452 e. The molecule has 0 unspecified atom stereocenters. The highest BCUT2D eigenvalue weighted by atomic mass is 16.6. The molecule has 2 rings (SSSR count). The van der Waals surface area contributed by atoms with Crippen LogP contribution in [0.2, 0.25) is 0 Å². The number of benzene rings is 2. The van der Waals surface area contributed by atoms with Crippen LogP contribution in [-0.4, -0.2) is 29.3 Å². The van der Waals surface area contributed by atoms with E-state index in [0.29, 0.717) is 11.1 Å². The molecule has 0 aliphatic carbocycles. The molecule has 9 nitrogen and oxygen atoms in total. The van der Waals surface area contributed by atoms with E-state index < -0.39 is 29.3 Å². The van der Waals surface area contributed by atoms with Gasteiger partial charge in [-0.25, -0.2) is 4.79 Å². The zero-order valence-corrected chi connectivity index (χ0v) is 14.0. The zero-order valence-electron chi connectivity index (χ0n) is 14.0. The van der Waals surface area contributed by atoms with Crippen molar-refractivity contribution in [3.05, 3.63) is 81.9 Å². The van der Waals surface area contributed by atoms with E-state index >= 15 is 0 Å². The van der Waals surface area contributed by atoms with Gasteiger partial charge in [-0.05, 0) is 35.9 Å². The Bertz CT molecular complexity index is 862. The Balaban J connectivity index is 1.73. The van der Waals surface area contributed by atoms with Crippen LogP contribution in [0.4, 0.5) is 5.69 Å². The maximum absolute atomic E-state index is 11.7. The molecule has 0 bridgehead atoms. The fraction of sp³-hybridized carbons (Fsp3) is 0.0556. The van der Waals surface area contributed by atoms with Crippen LogP contribution < -0.4 is 10.9 Å². The fourth-order valence-corrected chi connectivity index (χ4v) is 1.88. The van der Waals surface area contributed by atoms with E-state index in [2.05, 4.69) is 10.9 Å². The van der Waals surface area contributed by atoms with Gasteiger partial charge in [0.15, 0.2) is 6.61 Å². The lowest BCUT2D eigenvalue weighted by Crippen LogP contribution is -2.43. The number of ether oxygens (including phenoxy) is 1. The summed E-state index contributed by atoms with van der Waals surface area (Å²) < 4.78 is 4.73. The van der Waals surface area contributed by atoms with Crippen molar-refractivity contribution in [2.24, 2.45) is 0 Å². The molecule has 9 heteroatoms. The average molecular weight is 369 g/mol. The van der Waals surface area contributed by atoms with Crippen LogP contribution in [0.15, 0.2) is 60.7 Å². The lowest BCUT2D eigenvalue weighted by Gasteiger charge is -2.07. The molecule has 138 valence electrons. The number of hydrazine groups is 1. The third-order valence-corrected chi connectivity index (χ3v) is 3.21. The van der Waals surface area contributed by atoms with Crippen molar-refractivity contribution in [3.8, 4) is 0 Å².